The third-order valence-corrected chi connectivity index (χ3v) is 5.34. The minimum absolute atomic E-state index is 0.344. The third-order valence-electron chi connectivity index (χ3n) is 4.12. The summed E-state index contributed by atoms with van der Waals surface area (Å²) in [5.41, 5.74) is 2.01. The summed E-state index contributed by atoms with van der Waals surface area (Å²) in [6.45, 7) is 0.523. The van der Waals surface area contributed by atoms with Gasteiger partial charge in [-0.2, -0.15) is 0 Å². The first-order chi connectivity index (χ1) is 12.6. The Labute approximate surface area is 161 Å². The standard InChI is InChI=1S/C21H19ClO3S/c22-17-8-9-19(25-11-10-15-5-2-1-3-6-15)16(13-17)14-18(21(23)24)20-7-4-12-26-20/h1-9,12-13,18H,10-11,14H2,(H,23,24). The molecule has 2 aromatic carbocycles. The number of aliphatic carboxylic acids is 1. The zero-order valence-electron chi connectivity index (χ0n) is 14.1. The maximum Gasteiger partial charge on any atom is 0.312 e. The molecule has 5 heteroatoms. The Morgan fingerprint density at radius 3 is 2.62 bits per heavy atom. The fourth-order valence-corrected chi connectivity index (χ4v) is 3.81. The second kappa shape index (κ2) is 8.88. The molecule has 1 heterocycles. The molecule has 0 amide bonds. The molecule has 0 spiro atoms. The van der Waals surface area contributed by atoms with Crippen LogP contribution in [0.5, 0.6) is 5.75 Å². The van der Waals surface area contributed by atoms with Crippen LogP contribution in [-0.2, 0) is 17.6 Å². The molecule has 1 N–H and O–H groups in total. The smallest absolute Gasteiger partial charge is 0.312 e. The van der Waals surface area contributed by atoms with Crippen LogP contribution in [0.3, 0.4) is 0 Å². The molecule has 0 fully saturated rings. The number of halogens is 1. The number of thiophene rings is 1. The fourth-order valence-electron chi connectivity index (χ4n) is 2.79. The van der Waals surface area contributed by atoms with E-state index in [1.807, 2.05) is 41.8 Å². The molecule has 1 atom stereocenters. The van der Waals surface area contributed by atoms with E-state index in [2.05, 4.69) is 12.1 Å². The molecule has 26 heavy (non-hydrogen) atoms. The van der Waals surface area contributed by atoms with Crippen molar-refractivity contribution in [2.45, 2.75) is 18.8 Å². The molecule has 3 rings (SSSR count). The summed E-state index contributed by atoms with van der Waals surface area (Å²) in [6.07, 6.45) is 1.13. The van der Waals surface area contributed by atoms with Gasteiger partial charge >= 0.3 is 5.97 Å². The summed E-state index contributed by atoms with van der Waals surface area (Å²) < 4.78 is 5.95. The highest BCUT2D eigenvalue weighted by atomic mass is 35.5. The minimum atomic E-state index is -0.845. The molecule has 0 saturated heterocycles. The molecule has 3 aromatic rings. The van der Waals surface area contributed by atoms with Crippen LogP contribution in [0, 0.1) is 0 Å². The molecule has 0 radical (unpaired) electrons. The third kappa shape index (κ3) is 4.87. The topological polar surface area (TPSA) is 46.5 Å². The lowest BCUT2D eigenvalue weighted by Gasteiger charge is -2.15. The number of carbonyl (C=O) groups is 1. The number of hydrogen-bond donors (Lipinski definition) is 1. The maximum atomic E-state index is 11.7. The second-order valence-electron chi connectivity index (χ2n) is 5.95. The Morgan fingerprint density at radius 2 is 1.92 bits per heavy atom. The van der Waals surface area contributed by atoms with Crippen LogP contribution in [0.4, 0.5) is 0 Å². The highest BCUT2D eigenvalue weighted by Gasteiger charge is 2.23. The number of benzene rings is 2. The van der Waals surface area contributed by atoms with Crippen LogP contribution in [0.1, 0.15) is 21.9 Å². The summed E-state index contributed by atoms with van der Waals surface area (Å²) in [5, 5.41) is 12.1. The van der Waals surface area contributed by atoms with E-state index in [-0.39, 0.29) is 0 Å². The van der Waals surface area contributed by atoms with E-state index in [9.17, 15) is 9.90 Å². The van der Waals surface area contributed by atoms with Gasteiger partial charge in [-0.15, -0.1) is 11.3 Å². The first kappa shape index (κ1) is 18.5. The van der Waals surface area contributed by atoms with Gasteiger partial charge < -0.3 is 9.84 Å². The largest absolute Gasteiger partial charge is 0.493 e. The number of carboxylic acid groups (broad SMARTS) is 1. The maximum absolute atomic E-state index is 11.7. The van der Waals surface area contributed by atoms with Gasteiger partial charge in [-0.25, -0.2) is 0 Å². The van der Waals surface area contributed by atoms with Gasteiger partial charge in [0.15, 0.2) is 0 Å². The zero-order chi connectivity index (χ0) is 18.4. The molecule has 0 saturated carbocycles. The predicted molar refractivity (Wildman–Crippen MR) is 105 cm³/mol. The molecule has 134 valence electrons. The lowest BCUT2D eigenvalue weighted by atomic mass is 9.97. The second-order valence-corrected chi connectivity index (χ2v) is 7.36. The van der Waals surface area contributed by atoms with E-state index in [4.69, 9.17) is 16.3 Å². The molecule has 0 aliphatic rings. The van der Waals surface area contributed by atoms with Crippen LogP contribution in [0.2, 0.25) is 5.02 Å². The van der Waals surface area contributed by atoms with Crippen molar-refractivity contribution in [2.75, 3.05) is 6.61 Å². The molecule has 1 aromatic heterocycles. The van der Waals surface area contributed by atoms with Crippen LogP contribution in [0.15, 0.2) is 66.0 Å². The summed E-state index contributed by atoms with van der Waals surface area (Å²) in [7, 11) is 0. The molecule has 3 nitrogen and oxygen atoms in total. The fraction of sp³-hybridized carbons (Fsp3) is 0.190. The van der Waals surface area contributed by atoms with Crippen molar-refractivity contribution in [1.29, 1.82) is 0 Å². The van der Waals surface area contributed by atoms with E-state index in [1.54, 1.807) is 12.1 Å². The molecular formula is C21H19ClO3S. The van der Waals surface area contributed by atoms with Crippen LogP contribution in [-0.4, -0.2) is 17.7 Å². The highest BCUT2D eigenvalue weighted by molar-refractivity contribution is 7.10. The van der Waals surface area contributed by atoms with Gasteiger partial charge in [0.05, 0.1) is 12.5 Å². The lowest BCUT2D eigenvalue weighted by molar-refractivity contribution is -0.138. The average Bonchev–Trinajstić information content (AvgIpc) is 3.16. The molecular weight excluding hydrogens is 368 g/mol. The van der Waals surface area contributed by atoms with E-state index in [1.165, 1.54) is 16.9 Å². The molecule has 0 aliphatic carbocycles. The summed E-state index contributed by atoms with van der Waals surface area (Å²) in [5.74, 6) is -0.763. The van der Waals surface area contributed by atoms with Crippen LogP contribution < -0.4 is 4.74 Å². The van der Waals surface area contributed by atoms with E-state index in [0.717, 1.165) is 16.9 Å². The van der Waals surface area contributed by atoms with Crippen LogP contribution in [0.25, 0.3) is 0 Å². The Kier molecular flexibility index (Phi) is 6.31. The Morgan fingerprint density at radius 1 is 1.12 bits per heavy atom. The van der Waals surface area contributed by atoms with Gasteiger partial charge in [0.2, 0.25) is 0 Å². The Hall–Kier alpha value is -2.30. The van der Waals surface area contributed by atoms with E-state index < -0.39 is 11.9 Å². The number of ether oxygens (including phenoxy) is 1. The normalized spacial score (nSPS) is 11.9. The molecule has 0 aliphatic heterocycles. The SMILES string of the molecule is O=C(O)C(Cc1cc(Cl)ccc1OCCc1ccccc1)c1cccs1. The molecule has 1 unspecified atom stereocenters. The summed E-state index contributed by atoms with van der Waals surface area (Å²) in [6, 6.07) is 19.2. The van der Waals surface area contributed by atoms with Gasteiger partial charge in [0.1, 0.15) is 5.75 Å². The minimum Gasteiger partial charge on any atom is -0.493 e. The monoisotopic (exact) mass is 386 g/mol. The lowest BCUT2D eigenvalue weighted by Crippen LogP contribution is -2.14. The van der Waals surface area contributed by atoms with Crippen molar-refractivity contribution in [1.82, 2.24) is 0 Å². The van der Waals surface area contributed by atoms with Crippen molar-refractivity contribution < 1.29 is 14.6 Å². The predicted octanol–water partition coefficient (Wildman–Crippen LogP) is 5.43. The molecule has 0 bridgehead atoms. The number of hydrogen-bond acceptors (Lipinski definition) is 3. The highest BCUT2D eigenvalue weighted by Crippen LogP contribution is 2.31. The van der Waals surface area contributed by atoms with Gasteiger partial charge in [0, 0.05) is 16.3 Å². The van der Waals surface area contributed by atoms with Crippen molar-refractivity contribution in [3.8, 4) is 5.75 Å². The van der Waals surface area contributed by atoms with Crippen molar-refractivity contribution in [3.63, 3.8) is 0 Å². The van der Waals surface area contributed by atoms with E-state index in [0.29, 0.717) is 23.8 Å². The van der Waals surface area contributed by atoms with Crippen molar-refractivity contribution >= 4 is 28.9 Å². The Balaban J connectivity index is 1.74. The van der Waals surface area contributed by atoms with Crippen molar-refractivity contribution in [2.24, 2.45) is 0 Å². The summed E-state index contributed by atoms with van der Waals surface area (Å²) in [4.78, 5) is 12.6. The van der Waals surface area contributed by atoms with Crippen molar-refractivity contribution in [3.05, 3.63) is 87.1 Å². The number of rotatable bonds is 8. The van der Waals surface area contributed by atoms with Crippen LogP contribution >= 0.6 is 22.9 Å². The van der Waals surface area contributed by atoms with Gasteiger partial charge in [-0.1, -0.05) is 48.0 Å². The quantitative estimate of drug-likeness (QED) is 0.561. The zero-order valence-corrected chi connectivity index (χ0v) is 15.7. The van der Waals surface area contributed by atoms with Gasteiger partial charge in [0.25, 0.3) is 0 Å². The first-order valence-corrected chi connectivity index (χ1v) is 9.60. The Bertz CT molecular complexity index is 847. The average molecular weight is 387 g/mol. The summed E-state index contributed by atoms with van der Waals surface area (Å²) >= 11 is 7.58. The number of carboxylic acids is 1. The van der Waals surface area contributed by atoms with Gasteiger partial charge in [-0.3, -0.25) is 4.79 Å². The van der Waals surface area contributed by atoms with E-state index >= 15 is 0 Å². The first-order valence-electron chi connectivity index (χ1n) is 8.35. The van der Waals surface area contributed by atoms with Gasteiger partial charge in [-0.05, 0) is 47.2 Å².